The van der Waals surface area contributed by atoms with Gasteiger partial charge in [-0.15, -0.1) is 0 Å². The average Bonchev–Trinajstić information content (AvgIpc) is 2.65. The summed E-state index contributed by atoms with van der Waals surface area (Å²) in [6.07, 6.45) is 0.991. The van der Waals surface area contributed by atoms with Crippen LogP contribution in [0, 0.1) is 5.92 Å². The minimum Gasteiger partial charge on any atom is -0.476 e. The molecule has 0 aliphatic carbocycles. The van der Waals surface area contributed by atoms with Crippen LogP contribution in [0.2, 0.25) is 0 Å². The lowest BCUT2D eigenvalue weighted by Crippen LogP contribution is -2.05. The molecule has 17 heavy (non-hydrogen) atoms. The van der Waals surface area contributed by atoms with Gasteiger partial charge in [-0.1, -0.05) is 32.0 Å². The zero-order valence-electron chi connectivity index (χ0n) is 10.1. The van der Waals surface area contributed by atoms with Gasteiger partial charge in [-0.25, -0.2) is 4.79 Å². The summed E-state index contributed by atoms with van der Waals surface area (Å²) in [5.41, 5.74) is 1.04. The fourth-order valence-electron chi connectivity index (χ4n) is 1.84. The molecule has 0 atom stereocenters. The Kier molecular flexibility index (Phi) is 3.13. The first-order valence-corrected chi connectivity index (χ1v) is 5.78. The van der Waals surface area contributed by atoms with Crippen molar-refractivity contribution in [3.05, 3.63) is 30.0 Å². The van der Waals surface area contributed by atoms with E-state index < -0.39 is 5.97 Å². The number of aromatic carboxylic acids is 1. The van der Waals surface area contributed by atoms with E-state index in [1.165, 1.54) is 0 Å². The Morgan fingerprint density at radius 3 is 2.76 bits per heavy atom. The van der Waals surface area contributed by atoms with Gasteiger partial charge in [0.25, 0.3) is 0 Å². The number of aromatic nitrogens is 2. The highest BCUT2D eigenvalue weighted by atomic mass is 16.4. The normalized spacial score (nSPS) is 11.2. The van der Waals surface area contributed by atoms with Crippen molar-refractivity contribution < 1.29 is 9.90 Å². The molecule has 0 fully saturated rings. The standard InChI is InChI=1S/C13H16N2O2/c1-9(2)7-8-15-11-6-4-3-5-10(11)12(14-15)13(16)17/h3-6,9H,7-8H2,1-2H3,(H,16,17). The Morgan fingerprint density at radius 2 is 2.12 bits per heavy atom. The maximum absolute atomic E-state index is 11.1. The zero-order chi connectivity index (χ0) is 12.4. The molecule has 0 aliphatic heterocycles. The number of nitrogens with zero attached hydrogens (tertiary/aromatic N) is 2. The van der Waals surface area contributed by atoms with Gasteiger partial charge >= 0.3 is 5.97 Å². The molecule has 0 aliphatic rings. The van der Waals surface area contributed by atoms with Crippen molar-refractivity contribution in [1.82, 2.24) is 9.78 Å². The highest BCUT2D eigenvalue weighted by molar-refractivity contribution is 6.01. The molecule has 1 N–H and O–H groups in total. The third-order valence-electron chi connectivity index (χ3n) is 2.78. The van der Waals surface area contributed by atoms with E-state index in [0.717, 1.165) is 18.5 Å². The van der Waals surface area contributed by atoms with Crippen molar-refractivity contribution in [1.29, 1.82) is 0 Å². The van der Waals surface area contributed by atoms with Crippen molar-refractivity contribution in [2.45, 2.75) is 26.8 Å². The maximum Gasteiger partial charge on any atom is 0.357 e. The highest BCUT2D eigenvalue weighted by Crippen LogP contribution is 2.19. The third kappa shape index (κ3) is 2.30. The van der Waals surface area contributed by atoms with Crippen LogP contribution in [0.5, 0.6) is 0 Å². The lowest BCUT2D eigenvalue weighted by atomic mass is 10.1. The van der Waals surface area contributed by atoms with Crippen LogP contribution in [0.1, 0.15) is 30.8 Å². The highest BCUT2D eigenvalue weighted by Gasteiger charge is 2.15. The van der Waals surface area contributed by atoms with Crippen molar-refractivity contribution in [2.24, 2.45) is 5.92 Å². The van der Waals surface area contributed by atoms with Gasteiger partial charge in [-0.2, -0.15) is 5.10 Å². The summed E-state index contributed by atoms with van der Waals surface area (Å²) < 4.78 is 1.79. The Bertz CT molecular complexity index is 543. The first-order chi connectivity index (χ1) is 8.09. The van der Waals surface area contributed by atoms with Gasteiger partial charge in [0.05, 0.1) is 5.52 Å². The number of hydrogen-bond acceptors (Lipinski definition) is 2. The van der Waals surface area contributed by atoms with Crippen LogP contribution < -0.4 is 0 Å². The molecule has 4 heteroatoms. The fraction of sp³-hybridized carbons (Fsp3) is 0.385. The van der Waals surface area contributed by atoms with Crippen molar-refractivity contribution in [2.75, 3.05) is 0 Å². The monoisotopic (exact) mass is 232 g/mol. The maximum atomic E-state index is 11.1. The molecular formula is C13H16N2O2. The minimum atomic E-state index is -0.968. The number of rotatable bonds is 4. The predicted octanol–water partition coefficient (Wildman–Crippen LogP) is 2.78. The largest absolute Gasteiger partial charge is 0.476 e. The number of benzene rings is 1. The Morgan fingerprint density at radius 1 is 1.41 bits per heavy atom. The summed E-state index contributed by atoms with van der Waals surface area (Å²) in [4.78, 5) is 11.1. The van der Waals surface area contributed by atoms with Crippen molar-refractivity contribution in [3.8, 4) is 0 Å². The summed E-state index contributed by atoms with van der Waals surface area (Å²) in [6.45, 7) is 5.04. The van der Waals surface area contributed by atoms with E-state index >= 15 is 0 Å². The average molecular weight is 232 g/mol. The zero-order valence-corrected chi connectivity index (χ0v) is 10.1. The Balaban J connectivity index is 2.45. The van der Waals surface area contributed by atoms with E-state index in [4.69, 9.17) is 5.11 Å². The number of hydrogen-bond donors (Lipinski definition) is 1. The molecule has 0 saturated carbocycles. The quantitative estimate of drug-likeness (QED) is 0.881. The smallest absolute Gasteiger partial charge is 0.357 e. The Labute approximate surface area is 99.9 Å². The van der Waals surface area contributed by atoms with Crippen LogP contribution in [0.4, 0.5) is 0 Å². The second kappa shape index (κ2) is 4.57. The molecule has 1 heterocycles. The lowest BCUT2D eigenvalue weighted by Gasteiger charge is -2.05. The summed E-state index contributed by atoms with van der Waals surface area (Å²) >= 11 is 0. The van der Waals surface area contributed by atoms with E-state index in [1.54, 1.807) is 10.7 Å². The van der Waals surface area contributed by atoms with Crippen LogP contribution in [0.25, 0.3) is 10.9 Å². The van der Waals surface area contributed by atoms with E-state index in [2.05, 4.69) is 18.9 Å². The van der Waals surface area contributed by atoms with E-state index in [-0.39, 0.29) is 5.69 Å². The second-order valence-corrected chi connectivity index (χ2v) is 4.58. The molecule has 4 nitrogen and oxygen atoms in total. The van der Waals surface area contributed by atoms with Gasteiger partial charge in [-0.05, 0) is 18.4 Å². The van der Waals surface area contributed by atoms with Gasteiger partial charge in [0.2, 0.25) is 0 Å². The molecule has 0 bridgehead atoms. The number of fused-ring (bicyclic) bond motifs is 1. The molecular weight excluding hydrogens is 216 g/mol. The number of para-hydroxylation sites is 1. The second-order valence-electron chi connectivity index (χ2n) is 4.58. The minimum absolute atomic E-state index is 0.143. The summed E-state index contributed by atoms with van der Waals surface area (Å²) in [5, 5.41) is 14.0. The molecule has 0 amide bonds. The van der Waals surface area contributed by atoms with Gasteiger partial charge < -0.3 is 5.11 Å². The topological polar surface area (TPSA) is 55.1 Å². The number of carboxylic acid groups (broad SMARTS) is 1. The molecule has 0 radical (unpaired) electrons. The van der Waals surface area contributed by atoms with Crippen LogP contribution in [-0.2, 0) is 6.54 Å². The first kappa shape index (κ1) is 11.6. The molecule has 90 valence electrons. The molecule has 1 aromatic heterocycles. The van der Waals surface area contributed by atoms with E-state index in [9.17, 15) is 4.79 Å². The van der Waals surface area contributed by atoms with Gasteiger partial charge in [-0.3, -0.25) is 4.68 Å². The van der Waals surface area contributed by atoms with E-state index in [1.807, 2.05) is 18.2 Å². The molecule has 2 aromatic rings. The molecule has 2 rings (SSSR count). The summed E-state index contributed by atoms with van der Waals surface area (Å²) in [6, 6.07) is 7.46. The van der Waals surface area contributed by atoms with Crippen LogP contribution >= 0.6 is 0 Å². The molecule has 0 spiro atoms. The fourth-order valence-corrected chi connectivity index (χ4v) is 1.84. The third-order valence-corrected chi connectivity index (χ3v) is 2.78. The van der Waals surface area contributed by atoms with Gasteiger partial charge in [0, 0.05) is 11.9 Å². The van der Waals surface area contributed by atoms with E-state index in [0.29, 0.717) is 11.3 Å². The predicted molar refractivity (Wildman–Crippen MR) is 66.1 cm³/mol. The Hall–Kier alpha value is -1.84. The summed E-state index contributed by atoms with van der Waals surface area (Å²) in [5.74, 6) is -0.393. The molecule has 1 aromatic carbocycles. The number of carboxylic acids is 1. The van der Waals surface area contributed by atoms with Crippen molar-refractivity contribution >= 4 is 16.9 Å². The number of aryl methyl sites for hydroxylation is 1. The lowest BCUT2D eigenvalue weighted by molar-refractivity contribution is 0.0691. The van der Waals surface area contributed by atoms with Crippen molar-refractivity contribution in [3.63, 3.8) is 0 Å². The first-order valence-electron chi connectivity index (χ1n) is 5.78. The molecule has 0 saturated heterocycles. The van der Waals surface area contributed by atoms with Gasteiger partial charge in [0.15, 0.2) is 5.69 Å². The molecule has 0 unspecified atom stereocenters. The van der Waals surface area contributed by atoms with Crippen LogP contribution in [0.3, 0.4) is 0 Å². The summed E-state index contributed by atoms with van der Waals surface area (Å²) in [7, 11) is 0. The van der Waals surface area contributed by atoms with Crippen LogP contribution in [-0.4, -0.2) is 20.9 Å². The van der Waals surface area contributed by atoms with Gasteiger partial charge in [0.1, 0.15) is 0 Å². The van der Waals surface area contributed by atoms with Crippen LogP contribution in [0.15, 0.2) is 24.3 Å². The number of carbonyl (C=O) groups is 1. The SMILES string of the molecule is CC(C)CCn1nc(C(=O)O)c2ccccc21.